The van der Waals surface area contributed by atoms with Crippen molar-refractivity contribution in [1.29, 1.82) is 0 Å². The molecule has 7 nitrogen and oxygen atoms in total. The summed E-state index contributed by atoms with van der Waals surface area (Å²) in [6.07, 6.45) is 1.00. The minimum atomic E-state index is -3.53. The van der Waals surface area contributed by atoms with Gasteiger partial charge in [0.1, 0.15) is 0 Å². The van der Waals surface area contributed by atoms with E-state index < -0.39 is 33.1 Å². The third-order valence-corrected chi connectivity index (χ3v) is 5.24. The van der Waals surface area contributed by atoms with Crippen molar-refractivity contribution in [2.24, 2.45) is 0 Å². The highest BCUT2D eigenvalue weighted by Gasteiger charge is 2.53. The van der Waals surface area contributed by atoms with Gasteiger partial charge in [-0.05, 0) is 33.8 Å². The molecule has 1 fully saturated rings. The summed E-state index contributed by atoms with van der Waals surface area (Å²) >= 11 is 0. The van der Waals surface area contributed by atoms with Crippen molar-refractivity contribution in [3.63, 3.8) is 0 Å². The van der Waals surface area contributed by atoms with Gasteiger partial charge < -0.3 is 9.31 Å². The molecule has 0 radical (unpaired) electrons. The zero-order valence-electron chi connectivity index (χ0n) is 13.1. The van der Waals surface area contributed by atoms with E-state index >= 15 is 0 Å². The standard InChI is InChI=1S/C13H18BNO6S/c1-12(2)13(3,4)21-14(20-12)10-7-6-9(22(5,18)19)8-11(10)15(16)17/h6-8H,1-5H3. The first-order chi connectivity index (χ1) is 9.85. The number of rotatable bonds is 3. The minimum absolute atomic E-state index is 0.112. The van der Waals surface area contributed by atoms with Crippen LogP contribution in [-0.4, -0.2) is 37.9 Å². The molecule has 120 valence electrons. The molecule has 1 aromatic carbocycles. The molecule has 0 atom stereocenters. The number of benzene rings is 1. The predicted molar refractivity (Wildman–Crippen MR) is 81.9 cm³/mol. The van der Waals surface area contributed by atoms with Crippen LogP contribution in [-0.2, 0) is 19.1 Å². The summed E-state index contributed by atoms with van der Waals surface area (Å²) in [5, 5.41) is 11.3. The summed E-state index contributed by atoms with van der Waals surface area (Å²) in [7, 11) is -4.45. The summed E-state index contributed by atoms with van der Waals surface area (Å²) in [6.45, 7) is 7.35. The molecule has 0 N–H and O–H groups in total. The molecule has 2 rings (SSSR count). The Hall–Kier alpha value is -1.45. The predicted octanol–water partition coefficient (Wildman–Crippen LogP) is 1.30. The second kappa shape index (κ2) is 5.04. The highest BCUT2D eigenvalue weighted by molar-refractivity contribution is 7.90. The van der Waals surface area contributed by atoms with Gasteiger partial charge in [0, 0.05) is 12.3 Å². The van der Waals surface area contributed by atoms with Gasteiger partial charge in [-0.15, -0.1) is 0 Å². The van der Waals surface area contributed by atoms with Gasteiger partial charge in [-0.1, -0.05) is 6.07 Å². The average Bonchev–Trinajstić information content (AvgIpc) is 2.56. The number of nitro groups is 1. The molecule has 0 amide bonds. The largest absolute Gasteiger partial charge is 0.501 e. The van der Waals surface area contributed by atoms with E-state index in [0.29, 0.717) is 0 Å². The van der Waals surface area contributed by atoms with Gasteiger partial charge in [0.15, 0.2) is 9.84 Å². The summed E-state index contributed by atoms with van der Waals surface area (Å²) in [6, 6.07) is 3.73. The Kier molecular flexibility index (Phi) is 3.87. The maximum absolute atomic E-state index is 11.6. The molecule has 0 bridgehead atoms. The molecule has 22 heavy (non-hydrogen) atoms. The third-order valence-electron chi connectivity index (χ3n) is 4.13. The molecular formula is C13H18BNO6S. The van der Waals surface area contributed by atoms with E-state index in [1.807, 2.05) is 27.7 Å². The van der Waals surface area contributed by atoms with Crippen molar-refractivity contribution in [1.82, 2.24) is 0 Å². The lowest BCUT2D eigenvalue weighted by Gasteiger charge is -2.32. The monoisotopic (exact) mass is 327 g/mol. The molecule has 0 unspecified atom stereocenters. The number of nitro benzene ring substituents is 1. The van der Waals surface area contributed by atoms with E-state index in [9.17, 15) is 18.5 Å². The summed E-state index contributed by atoms with van der Waals surface area (Å²) in [5.74, 6) is 0. The molecule has 1 aliphatic rings. The van der Waals surface area contributed by atoms with Crippen molar-refractivity contribution in [2.75, 3.05) is 6.26 Å². The van der Waals surface area contributed by atoms with E-state index in [1.54, 1.807) is 0 Å². The van der Waals surface area contributed by atoms with E-state index in [0.717, 1.165) is 12.3 Å². The Morgan fingerprint density at radius 3 is 2.05 bits per heavy atom. The van der Waals surface area contributed by atoms with Crippen molar-refractivity contribution < 1.29 is 22.6 Å². The zero-order chi connectivity index (χ0) is 16.9. The lowest BCUT2D eigenvalue weighted by molar-refractivity contribution is -0.383. The Bertz CT molecular complexity index is 712. The van der Waals surface area contributed by atoms with Crippen molar-refractivity contribution in [3.05, 3.63) is 28.3 Å². The van der Waals surface area contributed by atoms with Gasteiger partial charge in [0.25, 0.3) is 5.69 Å². The SMILES string of the molecule is CC1(C)OB(c2ccc(S(C)(=O)=O)cc2[N+](=O)[O-])OC1(C)C. The highest BCUT2D eigenvalue weighted by atomic mass is 32.2. The second-order valence-corrected chi connectivity index (χ2v) is 8.35. The minimum Gasteiger partial charge on any atom is -0.399 e. The van der Waals surface area contributed by atoms with Crippen LogP contribution in [0.1, 0.15) is 27.7 Å². The Morgan fingerprint density at radius 1 is 1.14 bits per heavy atom. The molecule has 9 heteroatoms. The lowest BCUT2D eigenvalue weighted by Crippen LogP contribution is -2.41. The van der Waals surface area contributed by atoms with Crippen molar-refractivity contribution in [2.45, 2.75) is 43.8 Å². The van der Waals surface area contributed by atoms with Gasteiger partial charge in [-0.25, -0.2) is 8.42 Å². The first-order valence-electron chi connectivity index (χ1n) is 6.69. The van der Waals surface area contributed by atoms with Gasteiger partial charge in [-0.3, -0.25) is 10.1 Å². The van der Waals surface area contributed by atoms with Crippen LogP contribution in [0.2, 0.25) is 0 Å². The summed E-state index contributed by atoms with van der Waals surface area (Å²) in [5.41, 5.74) is -1.40. The smallest absolute Gasteiger partial charge is 0.399 e. The van der Waals surface area contributed by atoms with Crippen molar-refractivity contribution in [3.8, 4) is 0 Å². The fraction of sp³-hybridized carbons (Fsp3) is 0.538. The fourth-order valence-corrected chi connectivity index (χ4v) is 2.72. The maximum atomic E-state index is 11.6. The average molecular weight is 327 g/mol. The molecule has 1 saturated heterocycles. The number of sulfone groups is 1. The van der Waals surface area contributed by atoms with E-state index in [1.165, 1.54) is 12.1 Å². The van der Waals surface area contributed by atoms with Gasteiger partial charge in [0.2, 0.25) is 0 Å². The number of hydrogen-bond donors (Lipinski definition) is 0. The van der Waals surface area contributed by atoms with Crippen LogP contribution in [0.5, 0.6) is 0 Å². The Labute approximate surface area is 129 Å². The Morgan fingerprint density at radius 2 is 1.64 bits per heavy atom. The van der Waals surface area contributed by atoms with Crippen LogP contribution in [0.3, 0.4) is 0 Å². The van der Waals surface area contributed by atoms with Gasteiger partial charge in [-0.2, -0.15) is 0 Å². The van der Waals surface area contributed by atoms with E-state index in [4.69, 9.17) is 9.31 Å². The molecule has 1 aromatic rings. The molecule has 0 saturated carbocycles. The third kappa shape index (κ3) is 2.88. The van der Waals surface area contributed by atoms with Gasteiger partial charge >= 0.3 is 7.12 Å². The normalized spacial score (nSPS) is 20.1. The maximum Gasteiger partial charge on any atom is 0.501 e. The second-order valence-electron chi connectivity index (χ2n) is 6.34. The van der Waals surface area contributed by atoms with E-state index in [2.05, 4.69) is 0 Å². The highest BCUT2D eigenvalue weighted by Crippen LogP contribution is 2.37. The molecule has 0 spiro atoms. The first kappa shape index (κ1) is 16.9. The number of nitrogens with zero attached hydrogens (tertiary/aromatic N) is 1. The van der Waals surface area contributed by atoms with Crippen LogP contribution < -0.4 is 5.46 Å². The zero-order valence-corrected chi connectivity index (χ0v) is 13.9. The van der Waals surface area contributed by atoms with Crippen LogP contribution in [0.4, 0.5) is 5.69 Å². The van der Waals surface area contributed by atoms with Crippen molar-refractivity contribution >= 4 is 28.1 Å². The van der Waals surface area contributed by atoms with E-state index in [-0.39, 0.29) is 16.0 Å². The molecule has 1 heterocycles. The molecular weight excluding hydrogens is 309 g/mol. The molecule has 0 aliphatic carbocycles. The summed E-state index contributed by atoms with van der Waals surface area (Å²) in [4.78, 5) is 10.5. The lowest BCUT2D eigenvalue weighted by atomic mass is 9.78. The Balaban J connectivity index is 2.52. The summed E-state index contributed by atoms with van der Waals surface area (Å²) < 4.78 is 34.7. The van der Waals surface area contributed by atoms with Crippen LogP contribution in [0.25, 0.3) is 0 Å². The fourth-order valence-electron chi connectivity index (χ4n) is 2.08. The first-order valence-corrected chi connectivity index (χ1v) is 8.58. The quantitative estimate of drug-likeness (QED) is 0.472. The molecule has 0 aromatic heterocycles. The van der Waals surface area contributed by atoms with Crippen LogP contribution >= 0.6 is 0 Å². The van der Waals surface area contributed by atoms with Crippen LogP contribution in [0.15, 0.2) is 23.1 Å². The van der Waals surface area contributed by atoms with Crippen LogP contribution in [0, 0.1) is 10.1 Å². The van der Waals surface area contributed by atoms with Gasteiger partial charge in [0.05, 0.1) is 26.5 Å². The molecule has 1 aliphatic heterocycles. The topological polar surface area (TPSA) is 95.7 Å². The number of hydrogen-bond acceptors (Lipinski definition) is 6.